The number of anilines is 1. The van der Waals surface area contributed by atoms with Crippen molar-refractivity contribution in [3.05, 3.63) is 53.1 Å². The molecule has 0 aliphatic carbocycles. The zero-order chi connectivity index (χ0) is 23.1. The van der Waals surface area contributed by atoms with Crippen LogP contribution in [-0.2, 0) is 9.59 Å². The summed E-state index contributed by atoms with van der Waals surface area (Å²) in [6, 6.07) is 10.8. The lowest BCUT2D eigenvalue weighted by atomic mass is 9.88. The lowest BCUT2D eigenvalue weighted by Gasteiger charge is -2.30. The number of ketones is 1. The van der Waals surface area contributed by atoms with Crippen molar-refractivity contribution < 1.29 is 23.9 Å². The summed E-state index contributed by atoms with van der Waals surface area (Å²) >= 11 is 0. The highest BCUT2D eigenvalue weighted by Crippen LogP contribution is 2.39. The number of hydrogen-bond acceptors (Lipinski definition) is 6. The molecule has 0 spiro atoms. The fourth-order valence-electron chi connectivity index (χ4n) is 4.63. The Morgan fingerprint density at radius 3 is 2.45 bits per heavy atom. The Bertz CT molecular complexity index is 1180. The summed E-state index contributed by atoms with van der Waals surface area (Å²) in [7, 11) is 0. The van der Waals surface area contributed by atoms with E-state index in [0.29, 0.717) is 41.6 Å². The molecule has 0 bridgehead atoms. The Balaban J connectivity index is 1.57. The molecule has 0 radical (unpaired) electrons. The van der Waals surface area contributed by atoms with Gasteiger partial charge in [-0.1, -0.05) is 0 Å². The van der Waals surface area contributed by atoms with Crippen LogP contribution in [0.3, 0.4) is 0 Å². The van der Waals surface area contributed by atoms with Crippen molar-refractivity contribution in [3.8, 4) is 11.5 Å². The predicted octanol–water partition coefficient (Wildman–Crippen LogP) is 3.15. The monoisotopic (exact) mass is 447 g/mol. The van der Waals surface area contributed by atoms with Crippen LogP contribution in [0.4, 0.5) is 5.69 Å². The van der Waals surface area contributed by atoms with Gasteiger partial charge in [-0.3, -0.25) is 19.4 Å². The maximum atomic E-state index is 13.2. The normalized spacial score (nSPS) is 19.9. The van der Waals surface area contributed by atoms with Gasteiger partial charge in [0.15, 0.2) is 17.3 Å². The first kappa shape index (κ1) is 21.2. The van der Waals surface area contributed by atoms with Gasteiger partial charge in [-0.2, -0.15) is 0 Å². The highest BCUT2D eigenvalue weighted by atomic mass is 16.7. The molecule has 0 aromatic heterocycles. The van der Waals surface area contributed by atoms with Gasteiger partial charge in [0, 0.05) is 36.8 Å². The minimum Gasteiger partial charge on any atom is -0.454 e. The number of benzene rings is 2. The molecule has 3 aliphatic heterocycles. The predicted molar refractivity (Wildman–Crippen MR) is 122 cm³/mol. The number of carbonyl (C=O) groups is 3. The van der Waals surface area contributed by atoms with Crippen LogP contribution in [0.1, 0.15) is 54.1 Å². The van der Waals surface area contributed by atoms with Gasteiger partial charge in [-0.15, -0.1) is 0 Å². The van der Waals surface area contributed by atoms with Crippen molar-refractivity contribution in [2.75, 3.05) is 25.2 Å². The molecule has 170 valence electrons. The molecule has 5 rings (SSSR count). The second-order valence-electron chi connectivity index (χ2n) is 8.60. The van der Waals surface area contributed by atoms with E-state index in [4.69, 9.17) is 14.5 Å². The van der Waals surface area contributed by atoms with Crippen molar-refractivity contribution in [1.82, 2.24) is 4.90 Å². The Morgan fingerprint density at radius 1 is 1.00 bits per heavy atom. The van der Waals surface area contributed by atoms with Crippen LogP contribution in [0.25, 0.3) is 0 Å². The molecule has 3 heterocycles. The zero-order valence-electron chi connectivity index (χ0n) is 18.6. The number of Topliss-reactive ketones (excluding diaryl/α,β-unsaturated/α-hetero) is 1. The maximum absolute atomic E-state index is 13.2. The largest absolute Gasteiger partial charge is 0.454 e. The number of rotatable bonds is 4. The smallest absolute Gasteiger partial charge is 0.238 e. The molecule has 1 atom stereocenters. The number of ether oxygens (including phenoxy) is 2. The zero-order valence-corrected chi connectivity index (χ0v) is 18.6. The minimum absolute atomic E-state index is 0.0196. The fourth-order valence-corrected chi connectivity index (χ4v) is 4.63. The van der Waals surface area contributed by atoms with E-state index < -0.39 is 5.92 Å². The SMILES string of the molecule is CC(=O)c1ccc2c(c1)C(C(=NC1CCN(C(C)=O)CC1)c1ccc3c(c1)OCO3)C(=O)N2. The van der Waals surface area contributed by atoms with E-state index in [1.165, 1.54) is 6.92 Å². The molecule has 1 unspecified atom stereocenters. The van der Waals surface area contributed by atoms with Crippen molar-refractivity contribution in [1.29, 1.82) is 0 Å². The highest BCUT2D eigenvalue weighted by Gasteiger charge is 2.37. The fraction of sp³-hybridized carbons (Fsp3) is 0.360. The Labute approximate surface area is 191 Å². The summed E-state index contributed by atoms with van der Waals surface area (Å²) in [4.78, 5) is 43.8. The van der Waals surface area contributed by atoms with Crippen molar-refractivity contribution in [3.63, 3.8) is 0 Å². The summed E-state index contributed by atoms with van der Waals surface area (Å²) in [6.07, 6.45) is 1.45. The van der Waals surface area contributed by atoms with Gasteiger partial charge in [0.25, 0.3) is 0 Å². The summed E-state index contributed by atoms with van der Waals surface area (Å²) < 4.78 is 11.0. The van der Waals surface area contributed by atoms with Gasteiger partial charge in [0.2, 0.25) is 18.6 Å². The average molecular weight is 447 g/mol. The van der Waals surface area contributed by atoms with Crippen LogP contribution in [0.15, 0.2) is 41.4 Å². The molecule has 33 heavy (non-hydrogen) atoms. The Morgan fingerprint density at radius 2 is 1.73 bits per heavy atom. The van der Waals surface area contributed by atoms with E-state index in [1.54, 1.807) is 25.1 Å². The standard InChI is InChI=1S/C25H25N3O5/c1-14(29)16-3-5-20-19(11-16)23(25(31)27-20)24(17-4-6-21-22(12-17)33-13-32-21)26-18-7-9-28(10-8-18)15(2)30/h3-6,11-12,18,23H,7-10,13H2,1-2H3,(H,27,31). The van der Waals surface area contributed by atoms with Gasteiger partial charge in [0.1, 0.15) is 5.92 Å². The lowest BCUT2D eigenvalue weighted by Crippen LogP contribution is -2.38. The second kappa shape index (κ2) is 8.35. The third-order valence-electron chi connectivity index (χ3n) is 6.46. The first-order chi connectivity index (χ1) is 15.9. The average Bonchev–Trinajstić information content (AvgIpc) is 3.40. The minimum atomic E-state index is -0.648. The molecule has 8 heteroatoms. The number of nitrogens with zero attached hydrogens (tertiary/aromatic N) is 2. The van der Waals surface area contributed by atoms with E-state index in [0.717, 1.165) is 24.0 Å². The summed E-state index contributed by atoms with van der Waals surface area (Å²) in [5, 5.41) is 2.94. The molecular formula is C25H25N3O5. The number of aliphatic imine (C=N–C) groups is 1. The molecule has 8 nitrogen and oxygen atoms in total. The quantitative estimate of drug-likeness (QED) is 0.574. The second-order valence-corrected chi connectivity index (χ2v) is 8.60. The number of nitrogens with one attached hydrogen (secondary N) is 1. The van der Waals surface area contributed by atoms with Gasteiger partial charge >= 0.3 is 0 Å². The molecule has 0 saturated carbocycles. The van der Waals surface area contributed by atoms with E-state index in [-0.39, 0.29) is 30.4 Å². The molecule has 1 saturated heterocycles. The third kappa shape index (κ3) is 3.97. The summed E-state index contributed by atoms with van der Waals surface area (Å²) in [5.41, 5.74) is 3.39. The first-order valence-corrected chi connectivity index (χ1v) is 11.1. The van der Waals surface area contributed by atoms with Gasteiger partial charge < -0.3 is 19.7 Å². The van der Waals surface area contributed by atoms with Gasteiger partial charge in [-0.05, 0) is 61.7 Å². The third-order valence-corrected chi connectivity index (χ3v) is 6.46. The number of amides is 2. The summed E-state index contributed by atoms with van der Waals surface area (Å²) in [5.74, 6) is 0.447. The van der Waals surface area contributed by atoms with E-state index >= 15 is 0 Å². The highest BCUT2D eigenvalue weighted by molar-refractivity contribution is 6.24. The Hall–Kier alpha value is -3.68. The Kier molecular flexibility index (Phi) is 5.36. The van der Waals surface area contributed by atoms with Crippen LogP contribution in [-0.4, -0.2) is 54.1 Å². The number of piperidine rings is 1. The van der Waals surface area contributed by atoms with Crippen LogP contribution in [0, 0.1) is 0 Å². The number of carbonyl (C=O) groups excluding carboxylic acids is 3. The molecule has 2 aromatic rings. The molecule has 1 fully saturated rings. The number of hydrogen-bond donors (Lipinski definition) is 1. The lowest BCUT2D eigenvalue weighted by molar-refractivity contribution is -0.129. The first-order valence-electron chi connectivity index (χ1n) is 11.1. The van der Waals surface area contributed by atoms with Gasteiger partial charge in [0.05, 0.1) is 11.8 Å². The molecule has 2 amide bonds. The maximum Gasteiger partial charge on any atom is 0.238 e. The van der Waals surface area contributed by atoms with Crippen molar-refractivity contribution in [2.24, 2.45) is 4.99 Å². The molecular weight excluding hydrogens is 422 g/mol. The van der Waals surface area contributed by atoms with Crippen LogP contribution >= 0.6 is 0 Å². The molecule has 3 aliphatic rings. The molecule has 1 N–H and O–H groups in total. The number of likely N-dealkylation sites (tertiary alicyclic amines) is 1. The van der Waals surface area contributed by atoms with E-state index in [2.05, 4.69) is 5.32 Å². The molecule has 2 aromatic carbocycles. The van der Waals surface area contributed by atoms with Crippen LogP contribution < -0.4 is 14.8 Å². The van der Waals surface area contributed by atoms with Crippen molar-refractivity contribution >= 4 is 29.0 Å². The topological polar surface area (TPSA) is 97.3 Å². The van der Waals surface area contributed by atoms with Crippen LogP contribution in [0.5, 0.6) is 11.5 Å². The van der Waals surface area contributed by atoms with E-state index in [9.17, 15) is 14.4 Å². The van der Waals surface area contributed by atoms with Gasteiger partial charge in [-0.25, -0.2) is 0 Å². The van der Waals surface area contributed by atoms with E-state index in [1.807, 2.05) is 23.1 Å². The summed E-state index contributed by atoms with van der Waals surface area (Å²) in [6.45, 7) is 4.52. The number of fused-ring (bicyclic) bond motifs is 2. The van der Waals surface area contributed by atoms with Crippen molar-refractivity contribution in [2.45, 2.75) is 38.6 Å². The van der Waals surface area contributed by atoms with Crippen LogP contribution in [0.2, 0.25) is 0 Å².